The van der Waals surface area contributed by atoms with Crippen LogP contribution in [-0.2, 0) is 27.7 Å². The van der Waals surface area contributed by atoms with Crippen molar-refractivity contribution in [3.63, 3.8) is 0 Å². The van der Waals surface area contributed by atoms with Crippen LogP contribution in [0.1, 0.15) is 32.1 Å². The van der Waals surface area contributed by atoms with Crippen molar-refractivity contribution in [3.8, 4) is 34.0 Å². The smallest absolute Gasteiger partial charge is 0.412 e. The summed E-state index contributed by atoms with van der Waals surface area (Å²) in [4.78, 5) is 12.8. The number of hydrogen-bond acceptors (Lipinski definition) is 9. The highest BCUT2D eigenvalue weighted by Gasteiger charge is 2.20. The molecule has 0 fully saturated rings. The summed E-state index contributed by atoms with van der Waals surface area (Å²) in [6, 6.07) is 20.2. The summed E-state index contributed by atoms with van der Waals surface area (Å²) in [5, 5.41) is 14.8. The Morgan fingerprint density at radius 1 is 1.06 bits per heavy atom. The van der Waals surface area contributed by atoms with Gasteiger partial charge in [0.25, 0.3) is 0 Å². The van der Waals surface area contributed by atoms with Crippen molar-refractivity contribution in [3.05, 3.63) is 101 Å². The van der Waals surface area contributed by atoms with E-state index in [-0.39, 0.29) is 18.2 Å². The summed E-state index contributed by atoms with van der Waals surface area (Å²) in [6.07, 6.45) is 2.24. The SMILES string of the molecule is CC(C)(C)OC(=O)Nc1cc(-c2ccc(CNCCS(C)(=O)=O)o2)ccc1-c1cn(-c2ccc(OCc3cccc(F)c3)c(Cl)c2)nn1. The molecule has 0 saturated carbocycles. The van der Waals surface area contributed by atoms with Crippen molar-refractivity contribution in [2.75, 3.05) is 23.9 Å². The Labute approximate surface area is 282 Å². The normalized spacial score (nSPS) is 11.8. The van der Waals surface area contributed by atoms with Gasteiger partial charge in [-0.2, -0.15) is 0 Å². The van der Waals surface area contributed by atoms with Crippen LogP contribution in [0.4, 0.5) is 14.9 Å². The Bertz CT molecular complexity index is 2020. The standard InChI is InChI=1S/C34H35ClFN5O6S/c1-34(2,3)47-33(42)38-29-17-23(31-13-10-26(46-31)19-37-14-15-48(4,43)44)8-11-27(29)30-20-41(40-39-30)25-9-12-32(28(35)18-25)45-21-22-6-5-7-24(36)16-22/h5-13,16-18,20,37H,14-15,19,21H2,1-4H3,(H,38,42). The summed E-state index contributed by atoms with van der Waals surface area (Å²) in [5.74, 6) is 1.28. The highest BCUT2D eigenvalue weighted by Crippen LogP contribution is 2.34. The molecular weight excluding hydrogens is 661 g/mol. The van der Waals surface area contributed by atoms with E-state index in [1.165, 1.54) is 23.1 Å². The van der Waals surface area contributed by atoms with Gasteiger partial charge in [0.05, 0.1) is 34.9 Å². The summed E-state index contributed by atoms with van der Waals surface area (Å²) < 4.78 is 55.1. The number of carbonyl (C=O) groups is 1. The fourth-order valence-electron chi connectivity index (χ4n) is 4.59. The number of benzene rings is 3. The van der Waals surface area contributed by atoms with Crippen LogP contribution in [0.25, 0.3) is 28.3 Å². The summed E-state index contributed by atoms with van der Waals surface area (Å²) in [5.41, 5.74) is 2.69. The summed E-state index contributed by atoms with van der Waals surface area (Å²) in [6.45, 7) is 6.11. The number of aromatic nitrogens is 3. The number of furan rings is 1. The van der Waals surface area contributed by atoms with Crippen molar-refractivity contribution < 1.29 is 31.5 Å². The highest BCUT2D eigenvalue weighted by molar-refractivity contribution is 7.90. The molecule has 0 saturated heterocycles. The van der Waals surface area contributed by atoms with E-state index in [0.29, 0.717) is 69.1 Å². The van der Waals surface area contributed by atoms with E-state index >= 15 is 0 Å². The van der Waals surface area contributed by atoms with Gasteiger partial charge >= 0.3 is 6.09 Å². The van der Waals surface area contributed by atoms with Crippen molar-refractivity contribution in [1.82, 2.24) is 20.3 Å². The van der Waals surface area contributed by atoms with E-state index in [1.54, 1.807) is 81.6 Å². The monoisotopic (exact) mass is 695 g/mol. The lowest BCUT2D eigenvalue weighted by Gasteiger charge is -2.20. The van der Waals surface area contributed by atoms with E-state index in [9.17, 15) is 17.6 Å². The zero-order valence-electron chi connectivity index (χ0n) is 26.8. The number of hydrogen-bond donors (Lipinski definition) is 2. The second-order valence-corrected chi connectivity index (χ2v) is 14.7. The quantitative estimate of drug-likeness (QED) is 0.132. The Balaban J connectivity index is 1.36. The molecular formula is C34H35ClFN5O6S. The van der Waals surface area contributed by atoms with Gasteiger partial charge in [-0.3, -0.25) is 5.32 Å². The first kappa shape index (κ1) is 34.6. The molecule has 1 amide bonds. The van der Waals surface area contributed by atoms with E-state index in [0.717, 1.165) is 0 Å². The van der Waals surface area contributed by atoms with Crippen LogP contribution in [0.2, 0.25) is 5.02 Å². The molecule has 2 heterocycles. The molecule has 0 radical (unpaired) electrons. The number of halogens is 2. The van der Waals surface area contributed by atoms with Gasteiger partial charge in [0.2, 0.25) is 0 Å². The summed E-state index contributed by atoms with van der Waals surface area (Å²) in [7, 11) is -3.07. The van der Waals surface area contributed by atoms with Crippen LogP contribution in [0, 0.1) is 5.82 Å². The molecule has 0 unspecified atom stereocenters. The van der Waals surface area contributed by atoms with E-state index in [2.05, 4.69) is 20.9 Å². The first-order valence-electron chi connectivity index (χ1n) is 14.9. The second kappa shape index (κ2) is 14.6. The predicted molar refractivity (Wildman–Crippen MR) is 182 cm³/mol. The van der Waals surface area contributed by atoms with Crippen molar-refractivity contribution >= 4 is 33.2 Å². The fourth-order valence-corrected chi connectivity index (χ4v) is 5.33. The van der Waals surface area contributed by atoms with E-state index in [4.69, 9.17) is 25.5 Å². The average molecular weight is 696 g/mol. The van der Waals surface area contributed by atoms with Crippen LogP contribution in [0.3, 0.4) is 0 Å². The van der Waals surface area contributed by atoms with Crippen LogP contribution in [0.5, 0.6) is 5.75 Å². The third kappa shape index (κ3) is 9.66. The maximum atomic E-state index is 13.5. The van der Waals surface area contributed by atoms with E-state index < -0.39 is 21.5 Å². The number of rotatable bonds is 12. The first-order chi connectivity index (χ1) is 22.7. The first-order valence-corrected chi connectivity index (χ1v) is 17.4. The van der Waals surface area contributed by atoms with Crippen LogP contribution in [0.15, 0.2) is 83.4 Å². The molecule has 11 nitrogen and oxygen atoms in total. The topological polar surface area (TPSA) is 138 Å². The van der Waals surface area contributed by atoms with Gasteiger partial charge in [0, 0.05) is 23.9 Å². The molecule has 2 N–H and O–H groups in total. The third-order valence-electron chi connectivity index (χ3n) is 6.78. The number of nitrogens with zero attached hydrogens (tertiary/aromatic N) is 3. The molecule has 2 aromatic heterocycles. The molecule has 0 aliphatic heterocycles. The largest absolute Gasteiger partial charge is 0.487 e. The Kier molecular flexibility index (Phi) is 10.5. The Hall–Kier alpha value is -4.72. The Morgan fingerprint density at radius 2 is 1.88 bits per heavy atom. The third-order valence-corrected chi connectivity index (χ3v) is 8.02. The lowest BCUT2D eigenvalue weighted by Crippen LogP contribution is -2.27. The highest BCUT2D eigenvalue weighted by atomic mass is 35.5. The average Bonchev–Trinajstić information content (AvgIpc) is 3.68. The number of nitrogens with one attached hydrogen (secondary N) is 2. The lowest BCUT2D eigenvalue weighted by atomic mass is 10.0. The zero-order valence-corrected chi connectivity index (χ0v) is 28.4. The van der Waals surface area contributed by atoms with Gasteiger partial charge in [-0.1, -0.05) is 35.0 Å². The van der Waals surface area contributed by atoms with Gasteiger partial charge < -0.3 is 19.2 Å². The predicted octanol–water partition coefficient (Wildman–Crippen LogP) is 7.05. The maximum Gasteiger partial charge on any atom is 0.412 e. The molecule has 0 spiro atoms. The Morgan fingerprint density at radius 3 is 2.60 bits per heavy atom. The fraction of sp³-hybridized carbons (Fsp3) is 0.265. The molecule has 0 bridgehead atoms. The minimum atomic E-state index is -3.07. The van der Waals surface area contributed by atoms with Gasteiger partial charge in [-0.05, 0) is 80.9 Å². The summed E-state index contributed by atoms with van der Waals surface area (Å²) >= 11 is 6.51. The zero-order chi connectivity index (χ0) is 34.5. The van der Waals surface area contributed by atoms with Crippen molar-refractivity contribution in [1.29, 1.82) is 0 Å². The molecule has 5 rings (SSSR count). The minimum Gasteiger partial charge on any atom is -0.487 e. The molecule has 252 valence electrons. The number of sulfone groups is 1. The molecule has 14 heteroatoms. The second-order valence-electron chi connectivity index (χ2n) is 12.0. The lowest BCUT2D eigenvalue weighted by molar-refractivity contribution is 0.0636. The van der Waals surface area contributed by atoms with E-state index in [1.807, 2.05) is 6.07 Å². The van der Waals surface area contributed by atoms with Crippen LogP contribution in [-0.4, -0.2) is 53.7 Å². The van der Waals surface area contributed by atoms with Gasteiger partial charge in [0.1, 0.15) is 50.8 Å². The van der Waals surface area contributed by atoms with Gasteiger partial charge in [-0.25, -0.2) is 22.3 Å². The molecule has 0 aliphatic carbocycles. The molecule has 0 atom stereocenters. The molecule has 48 heavy (non-hydrogen) atoms. The number of ether oxygens (including phenoxy) is 2. The van der Waals surface area contributed by atoms with Crippen LogP contribution >= 0.6 is 11.6 Å². The molecule has 3 aromatic carbocycles. The van der Waals surface area contributed by atoms with Crippen molar-refractivity contribution in [2.24, 2.45) is 0 Å². The maximum absolute atomic E-state index is 13.5. The molecule has 5 aromatic rings. The van der Waals surface area contributed by atoms with Crippen molar-refractivity contribution in [2.45, 2.75) is 39.5 Å². The van der Waals surface area contributed by atoms with Gasteiger partial charge in [-0.15, -0.1) is 5.10 Å². The van der Waals surface area contributed by atoms with Gasteiger partial charge in [0.15, 0.2) is 0 Å². The number of anilines is 1. The number of amides is 1. The minimum absolute atomic E-state index is 0.0249. The van der Waals surface area contributed by atoms with Crippen LogP contribution < -0.4 is 15.4 Å². The molecule has 0 aliphatic rings. The number of carbonyl (C=O) groups excluding carboxylic acids is 1.